The first kappa shape index (κ1) is 15.6. The summed E-state index contributed by atoms with van der Waals surface area (Å²) in [5, 5.41) is 0. The van der Waals surface area contributed by atoms with Crippen LogP contribution in [0.4, 0.5) is 8.78 Å². The molecule has 1 aromatic heterocycles. The third-order valence-corrected chi connectivity index (χ3v) is 4.14. The molecule has 1 heterocycles. The standard InChI is InChI=1S/C18H19F2N3/c1-11-4-5-13(8-12(11)2)18-22-16-9-14(19)15(20)10-17(16)23(18)7-3-6-21/h4-5,8-10H,3,6-7,21H2,1-2H3. The fourth-order valence-electron chi connectivity index (χ4n) is 2.70. The molecule has 3 aromatic rings. The number of hydrogen-bond acceptors (Lipinski definition) is 2. The van der Waals surface area contributed by atoms with E-state index < -0.39 is 11.6 Å². The van der Waals surface area contributed by atoms with Crippen molar-refractivity contribution in [1.82, 2.24) is 9.55 Å². The Morgan fingerprint density at radius 1 is 1.04 bits per heavy atom. The summed E-state index contributed by atoms with van der Waals surface area (Å²) in [6.07, 6.45) is 0.738. The molecular weight excluding hydrogens is 296 g/mol. The molecule has 3 rings (SSSR count). The molecule has 0 saturated heterocycles. The van der Waals surface area contributed by atoms with Crippen LogP contribution in [-0.4, -0.2) is 16.1 Å². The minimum Gasteiger partial charge on any atom is -0.330 e. The minimum atomic E-state index is -0.882. The number of aryl methyl sites for hydroxylation is 3. The van der Waals surface area contributed by atoms with Crippen LogP contribution in [-0.2, 0) is 6.54 Å². The molecule has 0 saturated carbocycles. The Balaban J connectivity index is 2.23. The van der Waals surface area contributed by atoms with Crippen LogP contribution < -0.4 is 5.73 Å². The molecule has 2 N–H and O–H groups in total. The van der Waals surface area contributed by atoms with E-state index in [1.807, 2.05) is 36.6 Å². The summed E-state index contributed by atoms with van der Waals surface area (Å²) in [6, 6.07) is 8.41. The number of nitrogens with two attached hydrogens (primary N) is 1. The molecule has 120 valence electrons. The van der Waals surface area contributed by atoms with E-state index in [1.54, 1.807) is 0 Å². The van der Waals surface area contributed by atoms with Gasteiger partial charge in [0.1, 0.15) is 5.82 Å². The van der Waals surface area contributed by atoms with Crippen LogP contribution in [0.3, 0.4) is 0 Å². The molecule has 0 aliphatic carbocycles. The molecule has 0 fully saturated rings. The molecule has 0 amide bonds. The lowest BCUT2D eigenvalue weighted by atomic mass is 10.1. The monoisotopic (exact) mass is 315 g/mol. The largest absolute Gasteiger partial charge is 0.330 e. The number of benzene rings is 2. The number of fused-ring (bicyclic) bond motifs is 1. The summed E-state index contributed by atoms with van der Waals surface area (Å²) >= 11 is 0. The van der Waals surface area contributed by atoms with Crippen molar-refractivity contribution in [3.05, 3.63) is 53.1 Å². The number of nitrogens with zero attached hydrogens (tertiary/aromatic N) is 2. The Labute approximate surface area is 133 Å². The van der Waals surface area contributed by atoms with Gasteiger partial charge in [-0.05, 0) is 44.0 Å². The van der Waals surface area contributed by atoms with Crippen molar-refractivity contribution in [1.29, 1.82) is 0 Å². The highest BCUT2D eigenvalue weighted by atomic mass is 19.2. The first-order chi connectivity index (χ1) is 11.0. The zero-order chi connectivity index (χ0) is 16.6. The van der Waals surface area contributed by atoms with Gasteiger partial charge in [0, 0.05) is 24.2 Å². The maximum atomic E-state index is 13.6. The summed E-state index contributed by atoms with van der Waals surface area (Å²) in [6.45, 7) is 5.21. The smallest absolute Gasteiger partial charge is 0.161 e. The fraction of sp³-hybridized carbons (Fsp3) is 0.278. The zero-order valence-electron chi connectivity index (χ0n) is 13.2. The molecule has 5 heteroatoms. The maximum Gasteiger partial charge on any atom is 0.161 e. The van der Waals surface area contributed by atoms with E-state index in [1.165, 1.54) is 11.6 Å². The highest BCUT2D eigenvalue weighted by molar-refractivity contribution is 5.81. The molecule has 0 atom stereocenters. The van der Waals surface area contributed by atoms with E-state index in [4.69, 9.17) is 5.73 Å². The van der Waals surface area contributed by atoms with Crippen LogP contribution >= 0.6 is 0 Å². The number of hydrogen-bond donors (Lipinski definition) is 1. The van der Waals surface area contributed by atoms with Crippen LogP contribution in [0.5, 0.6) is 0 Å². The van der Waals surface area contributed by atoms with Gasteiger partial charge in [0.25, 0.3) is 0 Å². The van der Waals surface area contributed by atoms with E-state index in [-0.39, 0.29) is 0 Å². The highest BCUT2D eigenvalue weighted by Crippen LogP contribution is 2.28. The van der Waals surface area contributed by atoms with Gasteiger partial charge in [-0.2, -0.15) is 0 Å². The van der Waals surface area contributed by atoms with Crippen molar-refractivity contribution in [2.24, 2.45) is 5.73 Å². The topological polar surface area (TPSA) is 43.8 Å². The molecule has 0 radical (unpaired) electrons. The van der Waals surface area contributed by atoms with E-state index in [9.17, 15) is 8.78 Å². The van der Waals surface area contributed by atoms with E-state index in [0.29, 0.717) is 29.9 Å². The Kier molecular flexibility index (Phi) is 4.13. The molecule has 0 aliphatic rings. The van der Waals surface area contributed by atoms with Crippen molar-refractivity contribution in [2.45, 2.75) is 26.8 Å². The summed E-state index contributed by atoms with van der Waals surface area (Å²) in [4.78, 5) is 4.52. The first-order valence-electron chi connectivity index (χ1n) is 7.64. The van der Waals surface area contributed by atoms with Crippen LogP contribution in [0.2, 0.25) is 0 Å². The second-order valence-electron chi connectivity index (χ2n) is 5.78. The third kappa shape index (κ3) is 2.84. The van der Waals surface area contributed by atoms with Gasteiger partial charge < -0.3 is 10.3 Å². The highest BCUT2D eigenvalue weighted by Gasteiger charge is 2.15. The zero-order valence-corrected chi connectivity index (χ0v) is 13.2. The van der Waals surface area contributed by atoms with Crippen molar-refractivity contribution in [2.75, 3.05) is 6.54 Å². The molecule has 0 unspecified atom stereocenters. The molecule has 23 heavy (non-hydrogen) atoms. The summed E-state index contributed by atoms with van der Waals surface area (Å²) in [5.74, 6) is -1.04. The van der Waals surface area contributed by atoms with Crippen LogP contribution in [0, 0.1) is 25.5 Å². The van der Waals surface area contributed by atoms with Gasteiger partial charge in [0.2, 0.25) is 0 Å². The molecule has 0 bridgehead atoms. The number of imidazole rings is 1. The lowest BCUT2D eigenvalue weighted by molar-refractivity contribution is 0.510. The second-order valence-corrected chi connectivity index (χ2v) is 5.78. The van der Waals surface area contributed by atoms with Gasteiger partial charge in [-0.25, -0.2) is 13.8 Å². The molecule has 0 aliphatic heterocycles. The molecule has 0 spiro atoms. The summed E-state index contributed by atoms with van der Waals surface area (Å²) < 4.78 is 29.1. The van der Waals surface area contributed by atoms with Crippen molar-refractivity contribution >= 4 is 11.0 Å². The van der Waals surface area contributed by atoms with Crippen LogP contribution in [0.25, 0.3) is 22.4 Å². The van der Waals surface area contributed by atoms with Gasteiger partial charge >= 0.3 is 0 Å². The van der Waals surface area contributed by atoms with Gasteiger partial charge in [-0.15, -0.1) is 0 Å². The van der Waals surface area contributed by atoms with Crippen LogP contribution in [0.15, 0.2) is 30.3 Å². The minimum absolute atomic E-state index is 0.453. The number of rotatable bonds is 4. The quantitative estimate of drug-likeness (QED) is 0.792. The molecule has 2 aromatic carbocycles. The van der Waals surface area contributed by atoms with Crippen molar-refractivity contribution < 1.29 is 8.78 Å². The van der Waals surface area contributed by atoms with Crippen LogP contribution in [0.1, 0.15) is 17.5 Å². The normalized spacial score (nSPS) is 11.3. The summed E-state index contributed by atoms with van der Waals surface area (Å²) in [5.41, 5.74) is 9.92. The average Bonchev–Trinajstić information content (AvgIpc) is 2.86. The Hall–Kier alpha value is -2.27. The lowest BCUT2D eigenvalue weighted by Gasteiger charge is -2.10. The van der Waals surface area contributed by atoms with Gasteiger partial charge in [-0.3, -0.25) is 0 Å². The number of aromatic nitrogens is 2. The predicted molar refractivity (Wildman–Crippen MR) is 88.2 cm³/mol. The van der Waals surface area contributed by atoms with Crippen molar-refractivity contribution in [3.8, 4) is 11.4 Å². The SMILES string of the molecule is Cc1ccc(-c2nc3cc(F)c(F)cc3n2CCCN)cc1C. The molecule has 3 nitrogen and oxygen atoms in total. The fourth-order valence-corrected chi connectivity index (χ4v) is 2.70. The number of halogens is 2. The Bertz CT molecular complexity index is 868. The summed E-state index contributed by atoms with van der Waals surface area (Å²) in [7, 11) is 0. The second kappa shape index (κ2) is 6.08. The van der Waals surface area contributed by atoms with Gasteiger partial charge in [0.15, 0.2) is 11.6 Å². The van der Waals surface area contributed by atoms with Gasteiger partial charge in [0.05, 0.1) is 11.0 Å². The lowest BCUT2D eigenvalue weighted by Crippen LogP contribution is -2.07. The van der Waals surface area contributed by atoms with E-state index >= 15 is 0 Å². The first-order valence-corrected chi connectivity index (χ1v) is 7.64. The van der Waals surface area contributed by atoms with Crippen molar-refractivity contribution in [3.63, 3.8) is 0 Å². The predicted octanol–water partition coefficient (Wildman–Crippen LogP) is 3.95. The average molecular weight is 315 g/mol. The van der Waals surface area contributed by atoms with Gasteiger partial charge in [-0.1, -0.05) is 12.1 Å². The van der Waals surface area contributed by atoms with E-state index in [2.05, 4.69) is 4.98 Å². The Morgan fingerprint density at radius 2 is 1.78 bits per heavy atom. The molecular formula is C18H19F2N3. The Morgan fingerprint density at radius 3 is 2.48 bits per heavy atom. The maximum absolute atomic E-state index is 13.6. The third-order valence-electron chi connectivity index (χ3n) is 4.14. The van der Waals surface area contributed by atoms with E-state index in [0.717, 1.165) is 23.6 Å².